The number of carbonyl (C=O) groups is 1. The first-order chi connectivity index (χ1) is 17.8. The first-order valence-corrected chi connectivity index (χ1v) is 13.4. The molecule has 9 heteroatoms. The molecule has 0 saturated carbocycles. The Hall–Kier alpha value is -1.25. The maximum absolute atomic E-state index is 11.7. The van der Waals surface area contributed by atoms with Gasteiger partial charge in [0, 0.05) is 6.42 Å². The molecule has 36 heavy (non-hydrogen) atoms. The van der Waals surface area contributed by atoms with E-state index in [9.17, 15) is 4.79 Å². The van der Waals surface area contributed by atoms with Gasteiger partial charge in [-0.05, 0) is 6.42 Å². The molecule has 0 aromatic heterocycles. The van der Waals surface area contributed by atoms with Crippen LogP contribution in [0.15, 0.2) is 0 Å². The Morgan fingerprint density at radius 3 is 1.31 bits per heavy atom. The minimum atomic E-state index is -0.138. The van der Waals surface area contributed by atoms with Gasteiger partial charge in [-0.1, -0.05) is 51.4 Å². The van der Waals surface area contributed by atoms with Crippen molar-refractivity contribution in [3.05, 3.63) is 0 Å². The third-order valence-electron chi connectivity index (χ3n) is 4.89. The van der Waals surface area contributed by atoms with E-state index in [1.54, 1.807) is 0 Å². The summed E-state index contributed by atoms with van der Waals surface area (Å²) in [6, 6.07) is 0. The third-order valence-corrected chi connectivity index (χ3v) is 4.89. The van der Waals surface area contributed by atoms with Crippen LogP contribution >= 0.6 is 0 Å². The molecule has 212 valence electrons. The van der Waals surface area contributed by atoms with Crippen molar-refractivity contribution in [3.63, 3.8) is 0 Å². The average molecular weight is 519 g/mol. The van der Waals surface area contributed by atoms with E-state index < -0.39 is 0 Å². The fourth-order valence-corrected chi connectivity index (χ4v) is 2.96. The van der Waals surface area contributed by atoms with Crippen molar-refractivity contribution in [1.82, 2.24) is 0 Å². The lowest BCUT2D eigenvalue weighted by molar-refractivity contribution is -0.145. The molecular formula is C27H50O9. The summed E-state index contributed by atoms with van der Waals surface area (Å²) in [7, 11) is 0. The van der Waals surface area contributed by atoms with Crippen LogP contribution < -0.4 is 0 Å². The van der Waals surface area contributed by atoms with Gasteiger partial charge in [0.1, 0.15) is 13.2 Å². The highest BCUT2D eigenvalue weighted by Gasteiger charge is 2.02. The number of esters is 1. The molecular weight excluding hydrogens is 468 g/mol. The van der Waals surface area contributed by atoms with Gasteiger partial charge in [0.15, 0.2) is 0 Å². The van der Waals surface area contributed by atoms with Crippen LogP contribution in [0.2, 0.25) is 0 Å². The zero-order valence-electron chi connectivity index (χ0n) is 22.5. The topological polar surface area (TPSA) is 90.9 Å². The second kappa shape index (κ2) is 31.8. The summed E-state index contributed by atoms with van der Waals surface area (Å²) in [5.41, 5.74) is 0. The van der Waals surface area contributed by atoms with E-state index in [4.69, 9.17) is 44.3 Å². The van der Waals surface area contributed by atoms with E-state index in [0.29, 0.717) is 106 Å². The molecule has 0 aromatic rings. The Kier molecular flexibility index (Phi) is 30.7. The largest absolute Gasteiger partial charge is 0.463 e. The average Bonchev–Trinajstić information content (AvgIpc) is 2.88. The highest BCUT2D eigenvalue weighted by Crippen LogP contribution is 2.08. The lowest BCUT2D eigenvalue weighted by Gasteiger charge is -2.08. The molecule has 9 nitrogen and oxygen atoms in total. The lowest BCUT2D eigenvalue weighted by atomic mass is 10.1. The van der Waals surface area contributed by atoms with E-state index in [-0.39, 0.29) is 5.97 Å². The van der Waals surface area contributed by atoms with Gasteiger partial charge >= 0.3 is 5.97 Å². The number of ether oxygens (including phenoxy) is 8. The Morgan fingerprint density at radius 2 is 0.889 bits per heavy atom. The molecule has 0 aromatic carbocycles. The monoisotopic (exact) mass is 518 g/mol. The van der Waals surface area contributed by atoms with Gasteiger partial charge in [-0.25, -0.2) is 0 Å². The van der Waals surface area contributed by atoms with Gasteiger partial charge in [-0.3, -0.25) is 4.79 Å². The van der Waals surface area contributed by atoms with E-state index in [1.807, 2.05) is 0 Å². The summed E-state index contributed by atoms with van der Waals surface area (Å²) in [6.45, 7) is 9.19. The summed E-state index contributed by atoms with van der Waals surface area (Å²) in [5.74, 6) is 2.26. The molecule has 0 aliphatic carbocycles. The Morgan fingerprint density at radius 1 is 0.528 bits per heavy atom. The second-order valence-electron chi connectivity index (χ2n) is 8.02. The molecule has 0 amide bonds. The fraction of sp³-hybridized carbons (Fsp3) is 0.889. The van der Waals surface area contributed by atoms with E-state index in [1.165, 1.54) is 32.1 Å². The van der Waals surface area contributed by atoms with Crippen molar-refractivity contribution in [2.24, 2.45) is 0 Å². The Balaban J connectivity index is 3.10. The lowest BCUT2D eigenvalue weighted by Crippen LogP contribution is -2.15. The van der Waals surface area contributed by atoms with E-state index in [2.05, 4.69) is 12.8 Å². The van der Waals surface area contributed by atoms with Crippen molar-refractivity contribution in [1.29, 1.82) is 0 Å². The summed E-state index contributed by atoms with van der Waals surface area (Å²) in [6.07, 6.45) is 13.9. The molecule has 0 radical (unpaired) electrons. The number of carbonyl (C=O) groups excluding carboxylic acids is 1. The molecule has 0 rings (SSSR count). The van der Waals surface area contributed by atoms with Crippen molar-refractivity contribution in [2.75, 3.05) is 99.1 Å². The van der Waals surface area contributed by atoms with Crippen LogP contribution in [0.4, 0.5) is 0 Å². The fourth-order valence-electron chi connectivity index (χ4n) is 2.96. The van der Waals surface area contributed by atoms with Crippen LogP contribution in [0, 0.1) is 12.3 Å². The van der Waals surface area contributed by atoms with Gasteiger partial charge in [-0.2, -0.15) is 0 Å². The maximum Gasteiger partial charge on any atom is 0.305 e. The molecule has 0 aliphatic heterocycles. The van der Waals surface area contributed by atoms with Crippen molar-refractivity contribution >= 4 is 5.97 Å². The normalized spacial score (nSPS) is 11.0. The number of unbranched alkanes of at least 4 members (excludes halogenated alkanes) is 6. The number of hydrogen-bond acceptors (Lipinski definition) is 9. The predicted molar refractivity (Wildman–Crippen MR) is 138 cm³/mol. The first-order valence-electron chi connectivity index (χ1n) is 13.4. The van der Waals surface area contributed by atoms with Crippen LogP contribution in [0.1, 0.15) is 58.3 Å². The van der Waals surface area contributed by atoms with Crippen molar-refractivity contribution in [3.8, 4) is 12.3 Å². The minimum Gasteiger partial charge on any atom is -0.463 e. The summed E-state index contributed by atoms with van der Waals surface area (Å²) >= 11 is 0. The van der Waals surface area contributed by atoms with E-state index in [0.717, 1.165) is 12.8 Å². The highest BCUT2D eigenvalue weighted by atomic mass is 16.6. The number of terminal acetylenes is 1. The Labute approximate surface area is 218 Å². The quantitative estimate of drug-likeness (QED) is 0.0806. The van der Waals surface area contributed by atoms with Gasteiger partial charge in [0.2, 0.25) is 0 Å². The van der Waals surface area contributed by atoms with Gasteiger partial charge < -0.3 is 37.9 Å². The van der Waals surface area contributed by atoms with Gasteiger partial charge in [0.05, 0.1) is 85.9 Å². The minimum absolute atomic E-state index is 0.138. The Bertz CT molecular complexity index is 482. The summed E-state index contributed by atoms with van der Waals surface area (Å²) in [5, 5.41) is 0. The van der Waals surface area contributed by atoms with Crippen molar-refractivity contribution < 1.29 is 42.7 Å². The first kappa shape index (κ1) is 34.8. The molecule has 0 N–H and O–H groups in total. The molecule has 0 bridgehead atoms. The van der Waals surface area contributed by atoms with E-state index >= 15 is 0 Å². The zero-order chi connectivity index (χ0) is 26.2. The van der Waals surface area contributed by atoms with Gasteiger partial charge in [0.25, 0.3) is 0 Å². The smallest absolute Gasteiger partial charge is 0.305 e. The molecule has 0 unspecified atom stereocenters. The summed E-state index contributed by atoms with van der Waals surface area (Å²) < 4.78 is 42.7. The standard InChI is InChI=1S/C27H50O9/c1-3-5-6-7-8-9-10-11-27(28)36-26-25-35-24-23-34-22-21-33-20-19-32-18-17-31-16-15-30-14-13-29-12-4-2/h2H,3,5-26H2,1H3. The van der Waals surface area contributed by atoms with Crippen LogP contribution in [-0.2, 0) is 42.7 Å². The van der Waals surface area contributed by atoms with Gasteiger partial charge in [-0.15, -0.1) is 6.42 Å². The molecule has 0 spiro atoms. The SMILES string of the molecule is C#CCOCCOCCOCCOCCOCCOCCOCCOC(=O)CCCCCCCCC. The maximum atomic E-state index is 11.7. The van der Waals surface area contributed by atoms with Crippen molar-refractivity contribution in [2.45, 2.75) is 58.3 Å². The van der Waals surface area contributed by atoms with Crippen LogP contribution in [0.5, 0.6) is 0 Å². The van der Waals surface area contributed by atoms with Crippen LogP contribution in [0.3, 0.4) is 0 Å². The number of rotatable bonds is 30. The second-order valence-corrected chi connectivity index (χ2v) is 8.02. The third kappa shape index (κ3) is 30.8. The highest BCUT2D eigenvalue weighted by molar-refractivity contribution is 5.69. The molecule has 0 saturated heterocycles. The molecule has 0 fully saturated rings. The van der Waals surface area contributed by atoms with Crippen LogP contribution in [0.25, 0.3) is 0 Å². The number of hydrogen-bond donors (Lipinski definition) is 0. The zero-order valence-corrected chi connectivity index (χ0v) is 22.5. The molecule has 0 heterocycles. The summed E-state index contributed by atoms with van der Waals surface area (Å²) in [4.78, 5) is 11.7. The molecule has 0 atom stereocenters. The predicted octanol–water partition coefficient (Wildman–Crippen LogP) is 3.42. The van der Waals surface area contributed by atoms with Crippen LogP contribution in [-0.4, -0.2) is 105 Å². The molecule has 0 aliphatic rings.